The summed E-state index contributed by atoms with van der Waals surface area (Å²) >= 11 is 0. The number of aliphatic carboxylic acids is 1. The van der Waals surface area contributed by atoms with Gasteiger partial charge in [-0.2, -0.15) is 0 Å². The van der Waals surface area contributed by atoms with Crippen molar-refractivity contribution in [2.24, 2.45) is 11.7 Å². The van der Waals surface area contributed by atoms with Crippen molar-refractivity contribution in [1.82, 2.24) is 15.5 Å². The zero-order valence-corrected chi connectivity index (χ0v) is 14.9. The maximum atomic E-state index is 12.5. The topological polar surface area (TPSA) is 142 Å². The lowest BCUT2D eigenvalue weighted by molar-refractivity contribution is -0.145. The molecule has 0 aromatic rings. The fourth-order valence-corrected chi connectivity index (χ4v) is 2.70. The van der Waals surface area contributed by atoms with Crippen LogP contribution in [0.25, 0.3) is 0 Å². The summed E-state index contributed by atoms with van der Waals surface area (Å²) in [5.41, 5.74) is 5.42. The zero-order chi connectivity index (χ0) is 19.1. The molecule has 3 amide bonds. The smallest absolute Gasteiger partial charge is 0.326 e. The van der Waals surface area contributed by atoms with Crippen LogP contribution in [0, 0.1) is 5.92 Å². The Morgan fingerprint density at radius 3 is 2.44 bits per heavy atom. The van der Waals surface area contributed by atoms with E-state index in [1.54, 1.807) is 6.92 Å². The molecule has 1 saturated heterocycles. The average Bonchev–Trinajstić information content (AvgIpc) is 3.05. The van der Waals surface area contributed by atoms with Crippen molar-refractivity contribution < 1.29 is 24.3 Å². The Morgan fingerprint density at radius 1 is 1.28 bits per heavy atom. The van der Waals surface area contributed by atoms with Crippen LogP contribution in [0.5, 0.6) is 0 Å². The molecule has 1 aliphatic rings. The standard InChI is InChI=1S/C16H28N4O5/c1-4-9(2)13(16(24)25)19-15(23)11-6-5-7-20(11)12(21)8-18-14(22)10(3)17/h9-11,13H,4-8,17H2,1-3H3,(H,18,22)(H,19,23)(H,24,25). The predicted molar refractivity (Wildman–Crippen MR) is 90.4 cm³/mol. The number of hydrogen-bond acceptors (Lipinski definition) is 5. The number of carbonyl (C=O) groups excluding carboxylic acids is 3. The van der Waals surface area contributed by atoms with E-state index in [2.05, 4.69) is 10.6 Å². The van der Waals surface area contributed by atoms with Gasteiger partial charge in [-0.05, 0) is 25.7 Å². The minimum atomic E-state index is -1.09. The van der Waals surface area contributed by atoms with Gasteiger partial charge in [-0.1, -0.05) is 20.3 Å². The summed E-state index contributed by atoms with van der Waals surface area (Å²) in [5.74, 6) is -2.63. The predicted octanol–water partition coefficient (Wildman–Crippen LogP) is -0.944. The number of hydrogen-bond donors (Lipinski definition) is 4. The minimum absolute atomic E-state index is 0.225. The molecule has 1 rings (SSSR count). The van der Waals surface area contributed by atoms with E-state index in [9.17, 15) is 24.3 Å². The van der Waals surface area contributed by atoms with E-state index >= 15 is 0 Å². The molecule has 4 unspecified atom stereocenters. The molecular formula is C16H28N4O5. The number of carboxylic acids is 1. The molecule has 0 aliphatic carbocycles. The molecule has 9 nitrogen and oxygen atoms in total. The van der Waals surface area contributed by atoms with E-state index in [1.165, 1.54) is 11.8 Å². The first-order chi connectivity index (χ1) is 11.7. The highest BCUT2D eigenvalue weighted by atomic mass is 16.4. The molecule has 1 aliphatic heterocycles. The minimum Gasteiger partial charge on any atom is -0.480 e. The van der Waals surface area contributed by atoms with Gasteiger partial charge >= 0.3 is 5.97 Å². The van der Waals surface area contributed by atoms with Gasteiger partial charge in [0.15, 0.2) is 0 Å². The lowest BCUT2D eigenvalue weighted by Crippen LogP contribution is -2.54. The van der Waals surface area contributed by atoms with Gasteiger partial charge in [-0.15, -0.1) is 0 Å². The van der Waals surface area contributed by atoms with E-state index in [1.807, 2.05) is 6.92 Å². The largest absolute Gasteiger partial charge is 0.480 e. The van der Waals surface area contributed by atoms with Gasteiger partial charge in [0, 0.05) is 6.54 Å². The third-order valence-corrected chi connectivity index (χ3v) is 4.48. The van der Waals surface area contributed by atoms with E-state index < -0.39 is 35.9 Å². The fraction of sp³-hybridized carbons (Fsp3) is 0.750. The molecular weight excluding hydrogens is 328 g/mol. The van der Waals surface area contributed by atoms with Gasteiger partial charge in [-0.25, -0.2) is 4.79 Å². The van der Waals surface area contributed by atoms with E-state index in [0.29, 0.717) is 25.8 Å². The van der Waals surface area contributed by atoms with Crippen LogP contribution in [-0.2, 0) is 19.2 Å². The second kappa shape index (κ2) is 9.36. The number of nitrogens with zero attached hydrogens (tertiary/aromatic N) is 1. The van der Waals surface area contributed by atoms with E-state index in [-0.39, 0.29) is 18.4 Å². The Bertz CT molecular complexity index is 523. The molecule has 5 N–H and O–H groups in total. The Labute approximate surface area is 147 Å². The van der Waals surface area contributed by atoms with Gasteiger partial charge in [0.2, 0.25) is 17.7 Å². The molecule has 0 saturated carbocycles. The van der Waals surface area contributed by atoms with Crippen LogP contribution in [0.4, 0.5) is 0 Å². The summed E-state index contributed by atoms with van der Waals surface area (Å²) in [4.78, 5) is 48.9. The molecule has 142 valence electrons. The molecule has 4 atom stereocenters. The lowest BCUT2D eigenvalue weighted by Gasteiger charge is -2.27. The van der Waals surface area contributed by atoms with Crippen molar-refractivity contribution in [3.05, 3.63) is 0 Å². The third-order valence-electron chi connectivity index (χ3n) is 4.48. The fourth-order valence-electron chi connectivity index (χ4n) is 2.70. The van der Waals surface area contributed by atoms with Crippen LogP contribution in [0.2, 0.25) is 0 Å². The second-order valence-corrected chi connectivity index (χ2v) is 6.46. The molecule has 0 spiro atoms. The van der Waals surface area contributed by atoms with Gasteiger partial charge in [0.1, 0.15) is 12.1 Å². The van der Waals surface area contributed by atoms with Crippen molar-refractivity contribution >= 4 is 23.7 Å². The quantitative estimate of drug-likeness (QED) is 0.442. The van der Waals surface area contributed by atoms with Gasteiger partial charge in [0.25, 0.3) is 0 Å². The monoisotopic (exact) mass is 356 g/mol. The van der Waals surface area contributed by atoms with Crippen LogP contribution in [0.3, 0.4) is 0 Å². The van der Waals surface area contributed by atoms with E-state index in [4.69, 9.17) is 5.73 Å². The lowest BCUT2D eigenvalue weighted by atomic mass is 9.99. The number of nitrogens with two attached hydrogens (primary N) is 1. The van der Waals surface area contributed by atoms with Gasteiger partial charge in [0.05, 0.1) is 12.6 Å². The molecule has 0 aromatic heterocycles. The summed E-state index contributed by atoms with van der Waals surface area (Å²) in [5, 5.41) is 14.2. The van der Waals surface area contributed by atoms with E-state index in [0.717, 1.165) is 0 Å². The van der Waals surface area contributed by atoms with Crippen LogP contribution in [0.15, 0.2) is 0 Å². The Hall–Kier alpha value is -2.16. The molecule has 1 heterocycles. The number of nitrogens with one attached hydrogen (secondary N) is 2. The second-order valence-electron chi connectivity index (χ2n) is 6.46. The van der Waals surface area contributed by atoms with Crippen LogP contribution >= 0.6 is 0 Å². The number of likely N-dealkylation sites (tertiary alicyclic amines) is 1. The highest BCUT2D eigenvalue weighted by Gasteiger charge is 2.36. The van der Waals surface area contributed by atoms with Crippen molar-refractivity contribution in [3.8, 4) is 0 Å². The first kappa shape index (κ1) is 20.9. The van der Waals surface area contributed by atoms with Gasteiger partial charge in [-0.3, -0.25) is 14.4 Å². The maximum Gasteiger partial charge on any atom is 0.326 e. The molecule has 0 radical (unpaired) electrons. The Kier molecular flexibility index (Phi) is 7.82. The number of carbonyl (C=O) groups is 4. The Balaban J connectivity index is 2.69. The maximum absolute atomic E-state index is 12.5. The summed E-state index contributed by atoms with van der Waals surface area (Å²) in [7, 11) is 0. The van der Waals surface area contributed by atoms with Crippen LogP contribution in [-0.4, -0.2) is 64.9 Å². The third kappa shape index (κ3) is 5.70. The first-order valence-corrected chi connectivity index (χ1v) is 8.54. The van der Waals surface area contributed by atoms with Crippen molar-refractivity contribution in [2.75, 3.05) is 13.1 Å². The van der Waals surface area contributed by atoms with Crippen molar-refractivity contribution in [1.29, 1.82) is 0 Å². The summed E-state index contributed by atoms with van der Waals surface area (Å²) in [6, 6.07) is -2.43. The van der Waals surface area contributed by atoms with Crippen molar-refractivity contribution in [2.45, 2.75) is 58.2 Å². The highest BCUT2D eigenvalue weighted by Crippen LogP contribution is 2.18. The molecule has 25 heavy (non-hydrogen) atoms. The molecule has 9 heteroatoms. The highest BCUT2D eigenvalue weighted by molar-refractivity contribution is 5.92. The number of amides is 3. The van der Waals surface area contributed by atoms with Crippen molar-refractivity contribution in [3.63, 3.8) is 0 Å². The van der Waals surface area contributed by atoms with Crippen LogP contribution < -0.4 is 16.4 Å². The number of carboxylic acid groups (broad SMARTS) is 1. The number of rotatable bonds is 8. The SMILES string of the molecule is CCC(C)C(NC(=O)C1CCCN1C(=O)CNC(=O)C(C)N)C(=O)O. The molecule has 1 fully saturated rings. The normalized spacial score (nSPS) is 20.5. The zero-order valence-electron chi connectivity index (χ0n) is 14.9. The van der Waals surface area contributed by atoms with Gasteiger partial charge < -0.3 is 26.4 Å². The first-order valence-electron chi connectivity index (χ1n) is 8.54. The summed E-state index contributed by atoms with van der Waals surface area (Å²) < 4.78 is 0. The molecule has 0 bridgehead atoms. The average molecular weight is 356 g/mol. The Morgan fingerprint density at radius 2 is 1.92 bits per heavy atom. The molecule has 0 aromatic carbocycles. The summed E-state index contributed by atoms with van der Waals surface area (Å²) in [6.07, 6.45) is 1.71. The van der Waals surface area contributed by atoms with Crippen LogP contribution in [0.1, 0.15) is 40.0 Å². The summed E-state index contributed by atoms with van der Waals surface area (Å²) in [6.45, 7) is 5.26.